The third-order valence-corrected chi connectivity index (χ3v) is 5.73. The predicted molar refractivity (Wildman–Crippen MR) is 117 cm³/mol. The van der Waals surface area contributed by atoms with Gasteiger partial charge in [-0.1, -0.05) is 43.0 Å². The Balaban J connectivity index is 0.00000312. The van der Waals surface area contributed by atoms with Crippen LogP contribution in [0.5, 0.6) is 0 Å². The molecule has 1 aliphatic rings. The van der Waals surface area contributed by atoms with Crippen molar-refractivity contribution in [1.82, 2.24) is 4.90 Å². The van der Waals surface area contributed by atoms with E-state index in [1.807, 2.05) is 38.4 Å². The van der Waals surface area contributed by atoms with E-state index in [9.17, 15) is 5.11 Å². The smallest absolute Gasteiger partial charge is 0.0719 e. The third-order valence-electron chi connectivity index (χ3n) is 5.49. The fourth-order valence-electron chi connectivity index (χ4n) is 3.72. The fraction of sp³-hybridized carbons (Fsp3) is 0.650. The number of rotatable bonds is 7. The molecule has 1 fully saturated rings. The molecule has 0 amide bonds. The van der Waals surface area contributed by atoms with Gasteiger partial charge in [0.1, 0.15) is 0 Å². The van der Waals surface area contributed by atoms with Crippen molar-refractivity contribution in [2.24, 2.45) is 0 Å². The van der Waals surface area contributed by atoms with Crippen molar-refractivity contribution < 1.29 is 5.11 Å². The predicted octanol–water partition coefficient (Wildman–Crippen LogP) is 5.71. The lowest BCUT2D eigenvalue weighted by Crippen LogP contribution is -2.40. The zero-order valence-electron chi connectivity index (χ0n) is 16.0. The molecule has 150 valence electrons. The van der Waals surface area contributed by atoms with Crippen molar-refractivity contribution >= 4 is 42.1 Å². The Morgan fingerprint density at radius 2 is 1.81 bits per heavy atom. The van der Waals surface area contributed by atoms with Gasteiger partial charge in [-0.05, 0) is 58.0 Å². The lowest BCUT2D eigenvalue weighted by Gasteiger charge is -2.40. The first kappa shape index (κ1) is 25.7. The van der Waals surface area contributed by atoms with Gasteiger partial charge < -0.3 is 15.4 Å². The molecule has 0 saturated heterocycles. The summed E-state index contributed by atoms with van der Waals surface area (Å²) in [6.45, 7) is 2.14. The number of nitrogens with one attached hydrogen (secondary N) is 1. The van der Waals surface area contributed by atoms with Gasteiger partial charge in [-0.3, -0.25) is 0 Å². The van der Waals surface area contributed by atoms with E-state index >= 15 is 0 Å². The summed E-state index contributed by atoms with van der Waals surface area (Å²) in [5.74, 6) is -0.0432. The van der Waals surface area contributed by atoms with Gasteiger partial charge in [0.05, 0.1) is 5.60 Å². The number of aliphatic hydroxyl groups is 1. The van der Waals surface area contributed by atoms with Crippen LogP contribution in [0.3, 0.4) is 0 Å². The van der Waals surface area contributed by atoms with Crippen LogP contribution in [0.15, 0.2) is 24.3 Å². The molecule has 0 radical (unpaired) electrons. The van der Waals surface area contributed by atoms with E-state index in [0.29, 0.717) is 23.2 Å². The Hall–Kier alpha value is -0.320. The summed E-state index contributed by atoms with van der Waals surface area (Å²) in [7, 11) is 4.09. The third kappa shape index (κ3) is 7.01. The van der Waals surface area contributed by atoms with Crippen LogP contribution in [0.1, 0.15) is 63.4 Å². The Labute approximate surface area is 175 Å². The van der Waals surface area contributed by atoms with Crippen LogP contribution in [-0.4, -0.2) is 41.5 Å². The molecule has 1 saturated carbocycles. The van der Waals surface area contributed by atoms with Crippen LogP contribution < -0.4 is 0 Å². The number of halogens is 3. The Kier molecular flexibility index (Phi) is 11.4. The maximum atomic E-state index is 11.3. The highest BCUT2D eigenvalue weighted by atomic mass is 35.5. The zero-order chi connectivity index (χ0) is 17.7. The van der Waals surface area contributed by atoms with Gasteiger partial charge in [-0.25, -0.2) is 0 Å². The molecule has 2 atom stereocenters. The molecule has 0 heterocycles. The topological polar surface area (TPSA) is 47.3 Å². The zero-order valence-corrected chi connectivity index (χ0v) is 18.4. The summed E-state index contributed by atoms with van der Waals surface area (Å²) in [5.41, 5.74) is 1.06. The highest BCUT2D eigenvalue weighted by molar-refractivity contribution is 6.30. The number of nitrogens with zero attached hydrogens (tertiary/aromatic N) is 1. The molecule has 1 aliphatic carbocycles. The summed E-state index contributed by atoms with van der Waals surface area (Å²) in [5, 5.41) is 20.5. The van der Waals surface area contributed by atoms with E-state index in [-0.39, 0.29) is 30.7 Å². The van der Waals surface area contributed by atoms with Gasteiger partial charge in [0.25, 0.3) is 0 Å². The van der Waals surface area contributed by atoms with Crippen LogP contribution in [-0.2, 0) is 0 Å². The van der Waals surface area contributed by atoms with Gasteiger partial charge in [0.15, 0.2) is 0 Å². The minimum atomic E-state index is -0.712. The molecule has 1 aromatic rings. The molecule has 26 heavy (non-hydrogen) atoms. The lowest BCUT2D eigenvalue weighted by molar-refractivity contribution is -0.0202. The first-order valence-corrected chi connectivity index (χ1v) is 9.40. The molecular formula is C20H33Cl3N2O. The Morgan fingerprint density at radius 1 is 1.19 bits per heavy atom. The van der Waals surface area contributed by atoms with E-state index in [1.165, 1.54) is 6.42 Å². The highest BCUT2D eigenvalue weighted by Gasteiger charge is 2.39. The standard InChI is InChI=1S/C20H31ClN2O.2ClH/c1-15(23(2)3)12-18(22)14-19(16-8-7-9-17(21)13-16)20(24)10-5-4-6-11-20;;/h7-9,13,15,19,22,24H,4-6,10-12,14H2,1-3H3;2*1H/t15-,19?;;/m0../s1. The second-order valence-electron chi connectivity index (χ2n) is 7.60. The van der Waals surface area contributed by atoms with Crippen molar-refractivity contribution in [2.45, 2.75) is 69.4 Å². The maximum absolute atomic E-state index is 11.3. The molecule has 3 nitrogen and oxygen atoms in total. The second-order valence-corrected chi connectivity index (χ2v) is 8.03. The van der Waals surface area contributed by atoms with Crippen LogP contribution in [0.25, 0.3) is 0 Å². The highest BCUT2D eigenvalue weighted by Crippen LogP contribution is 2.42. The van der Waals surface area contributed by atoms with E-state index in [1.54, 1.807) is 0 Å². The van der Waals surface area contributed by atoms with E-state index in [2.05, 4.69) is 11.8 Å². The minimum Gasteiger partial charge on any atom is -0.389 e. The van der Waals surface area contributed by atoms with Gasteiger partial charge in [-0.15, -0.1) is 24.8 Å². The Bertz CT molecular complexity index is 560. The molecular weight excluding hydrogens is 391 g/mol. The Morgan fingerprint density at radius 3 is 2.35 bits per heavy atom. The van der Waals surface area contributed by atoms with E-state index < -0.39 is 5.60 Å². The molecule has 0 aliphatic heterocycles. The van der Waals surface area contributed by atoms with Crippen LogP contribution in [0.4, 0.5) is 0 Å². The summed E-state index contributed by atoms with van der Waals surface area (Å²) in [4.78, 5) is 2.14. The monoisotopic (exact) mass is 422 g/mol. The summed E-state index contributed by atoms with van der Waals surface area (Å²) < 4.78 is 0. The number of benzene rings is 1. The lowest BCUT2D eigenvalue weighted by atomic mass is 9.70. The molecule has 2 rings (SSSR count). The van der Waals surface area contributed by atoms with Gasteiger partial charge in [0, 0.05) is 29.1 Å². The molecule has 0 aromatic heterocycles. The normalized spacial score (nSPS) is 18.4. The fourth-order valence-corrected chi connectivity index (χ4v) is 3.92. The summed E-state index contributed by atoms with van der Waals surface area (Å²) in [6, 6.07) is 8.15. The SMILES string of the molecule is C[C@@H](CC(=N)CC(c1cccc(Cl)c1)C1(O)CCCCC1)N(C)C.Cl.Cl. The van der Waals surface area contributed by atoms with Gasteiger partial charge >= 0.3 is 0 Å². The molecule has 2 N–H and O–H groups in total. The second kappa shape index (κ2) is 11.5. The quantitative estimate of drug-likeness (QED) is 0.551. The molecule has 6 heteroatoms. The van der Waals surface area contributed by atoms with Crippen LogP contribution >= 0.6 is 36.4 Å². The number of hydrogen-bond acceptors (Lipinski definition) is 3. The van der Waals surface area contributed by atoms with Gasteiger partial charge in [-0.2, -0.15) is 0 Å². The number of hydrogen-bond donors (Lipinski definition) is 2. The summed E-state index contributed by atoms with van der Waals surface area (Å²) in [6.07, 6.45) is 6.31. The van der Waals surface area contributed by atoms with Crippen LogP contribution in [0, 0.1) is 5.41 Å². The minimum absolute atomic E-state index is 0. The first-order chi connectivity index (χ1) is 11.3. The largest absolute Gasteiger partial charge is 0.389 e. The van der Waals surface area contributed by atoms with Crippen molar-refractivity contribution in [3.8, 4) is 0 Å². The summed E-state index contributed by atoms with van der Waals surface area (Å²) >= 11 is 6.19. The van der Waals surface area contributed by atoms with Crippen molar-refractivity contribution in [2.75, 3.05) is 14.1 Å². The molecule has 0 spiro atoms. The molecule has 0 bridgehead atoms. The average molecular weight is 424 g/mol. The van der Waals surface area contributed by atoms with Crippen molar-refractivity contribution in [3.63, 3.8) is 0 Å². The van der Waals surface area contributed by atoms with Crippen molar-refractivity contribution in [3.05, 3.63) is 34.9 Å². The molecule has 1 unspecified atom stereocenters. The van der Waals surface area contributed by atoms with Crippen LogP contribution in [0.2, 0.25) is 5.02 Å². The molecule has 1 aromatic carbocycles. The van der Waals surface area contributed by atoms with Gasteiger partial charge in [0.2, 0.25) is 0 Å². The van der Waals surface area contributed by atoms with Crippen molar-refractivity contribution in [1.29, 1.82) is 5.41 Å². The maximum Gasteiger partial charge on any atom is 0.0719 e. The first-order valence-electron chi connectivity index (χ1n) is 9.02. The average Bonchev–Trinajstić information content (AvgIpc) is 2.53. The van der Waals surface area contributed by atoms with E-state index in [4.69, 9.17) is 17.0 Å². The van der Waals surface area contributed by atoms with E-state index in [0.717, 1.165) is 37.7 Å².